The zero-order valence-electron chi connectivity index (χ0n) is 11.0. The highest BCUT2D eigenvalue weighted by Gasteiger charge is 2.10. The SMILES string of the molecule is CNC(=O)c1ccc(N)c(N(C)Cc2ccsc2)c1. The highest BCUT2D eigenvalue weighted by atomic mass is 32.1. The molecule has 0 spiro atoms. The molecule has 2 aromatic rings. The summed E-state index contributed by atoms with van der Waals surface area (Å²) in [6, 6.07) is 7.40. The number of nitrogens with two attached hydrogens (primary N) is 1. The van der Waals surface area contributed by atoms with Crippen LogP contribution in [-0.2, 0) is 6.54 Å². The molecule has 1 heterocycles. The predicted molar refractivity (Wildman–Crippen MR) is 80.7 cm³/mol. The van der Waals surface area contributed by atoms with Crippen LogP contribution in [0.5, 0.6) is 0 Å². The monoisotopic (exact) mass is 275 g/mol. The first-order valence-electron chi connectivity index (χ1n) is 5.95. The molecule has 1 amide bonds. The summed E-state index contributed by atoms with van der Waals surface area (Å²) in [4.78, 5) is 13.7. The normalized spacial score (nSPS) is 10.2. The fourth-order valence-corrected chi connectivity index (χ4v) is 2.56. The molecule has 100 valence electrons. The largest absolute Gasteiger partial charge is 0.397 e. The van der Waals surface area contributed by atoms with E-state index in [4.69, 9.17) is 5.73 Å². The van der Waals surface area contributed by atoms with Crippen LogP contribution in [0.1, 0.15) is 15.9 Å². The van der Waals surface area contributed by atoms with Gasteiger partial charge in [-0.2, -0.15) is 11.3 Å². The summed E-state index contributed by atoms with van der Waals surface area (Å²) < 4.78 is 0. The number of nitrogens with zero attached hydrogens (tertiary/aromatic N) is 1. The third-order valence-corrected chi connectivity index (χ3v) is 3.66. The average molecular weight is 275 g/mol. The van der Waals surface area contributed by atoms with E-state index >= 15 is 0 Å². The van der Waals surface area contributed by atoms with Crippen LogP contribution < -0.4 is 16.0 Å². The highest BCUT2D eigenvalue weighted by Crippen LogP contribution is 2.25. The number of benzene rings is 1. The third-order valence-electron chi connectivity index (χ3n) is 2.93. The first-order chi connectivity index (χ1) is 9.11. The van der Waals surface area contributed by atoms with Crippen LogP contribution in [0.2, 0.25) is 0 Å². The van der Waals surface area contributed by atoms with E-state index in [1.807, 2.05) is 23.4 Å². The lowest BCUT2D eigenvalue weighted by atomic mass is 10.1. The molecular formula is C14H17N3OS. The molecule has 0 saturated heterocycles. The minimum absolute atomic E-state index is 0.106. The van der Waals surface area contributed by atoms with Crippen LogP contribution in [0.25, 0.3) is 0 Å². The molecule has 0 aliphatic carbocycles. The average Bonchev–Trinajstić information content (AvgIpc) is 2.91. The van der Waals surface area contributed by atoms with E-state index in [9.17, 15) is 4.79 Å². The van der Waals surface area contributed by atoms with Gasteiger partial charge in [-0.3, -0.25) is 4.79 Å². The molecule has 0 fully saturated rings. The number of nitrogens with one attached hydrogen (secondary N) is 1. The molecule has 1 aromatic heterocycles. The van der Waals surface area contributed by atoms with Crippen LogP contribution in [0.4, 0.5) is 11.4 Å². The molecule has 4 nitrogen and oxygen atoms in total. The molecule has 3 N–H and O–H groups in total. The number of rotatable bonds is 4. The predicted octanol–water partition coefficient (Wildman–Crippen LogP) is 2.33. The van der Waals surface area contributed by atoms with Crippen LogP contribution in [0.3, 0.4) is 0 Å². The summed E-state index contributed by atoms with van der Waals surface area (Å²) in [7, 11) is 3.59. The number of carbonyl (C=O) groups is 1. The van der Waals surface area contributed by atoms with E-state index in [-0.39, 0.29) is 5.91 Å². The number of hydrogen-bond donors (Lipinski definition) is 2. The third kappa shape index (κ3) is 3.06. The topological polar surface area (TPSA) is 58.4 Å². The lowest BCUT2D eigenvalue weighted by Crippen LogP contribution is -2.21. The summed E-state index contributed by atoms with van der Waals surface area (Å²) in [6.45, 7) is 0.769. The van der Waals surface area contributed by atoms with E-state index in [2.05, 4.69) is 16.8 Å². The van der Waals surface area contributed by atoms with E-state index in [1.165, 1.54) is 5.56 Å². The molecular weight excluding hydrogens is 258 g/mol. The van der Waals surface area contributed by atoms with Gasteiger partial charge in [0, 0.05) is 26.2 Å². The molecule has 0 bridgehead atoms. The van der Waals surface area contributed by atoms with Crippen molar-refractivity contribution in [1.82, 2.24) is 5.32 Å². The van der Waals surface area contributed by atoms with Crippen molar-refractivity contribution in [2.75, 3.05) is 24.7 Å². The molecule has 0 atom stereocenters. The van der Waals surface area contributed by atoms with Crippen molar-refractivity contribution < 1.29 is 4.79 Å². The van der Waals surface area contributed by atoms with Crippen molar-refractivity contribution in [3.05, 3.63) is 46.2 Å². The summed E-state index contributed by atoms with van der Waals surface area (Å²) in [5, 5.41) is 6.77. The van der Waals surface area contributed by atoms with Crippen LogP contribution in [0.15, 0.2) is 35.0 Å². The van der Waals surface area contributed by atoms with Crippen molar-refractivity contribution >= 4 is 28.6 Å². The number of amides is 1. The molecule has 1 aromatic carbocycles. The first-order valence-corrected chi connectivity index (χ1v) is 6.90. The second-order valence-corrected chi connectivity index (χ2v) is 5.12. The van der Waals surface area contributed by atoms with Gasteiger partial charge in [0.1, 0.15) is 0 Å². The number of nitrogen functional groups attached to an aromatic ring is 1. The Labute approximate surface area is 116 Å². The number of anilines is 2. The molecule has 19 heavy (non-hydrogen) atoms. The summed E-state index contributed by atoms with van der Waals surface area (Å²) in [5.74, 6) is -0.106. The maximum atomic E-state index is 11.6. The lowest BCUT2D eigenvalue weighted by Gasteiger charge is -2.21. The van der Waals surface area contributed by atoms with Gasteiger partial charge in [-0.15, -0.1) is 0 Å². The second kappa shape index (κ2) is 5.75. The standard InChI is InChI=1S/C14H17N3OS/c1-16-14(18)11-3-4-12(15)13(7-11)17(2)8-10-5-6-19-9-10/h3-7,9H,8,15H2,1-2H3,(H,16,18). The van der Waals surface area contributed by atoms with Gasteiger partial charge in [-0.25, -0.2) is 0 Å². The Morgan fingerprint density at radius 2 is 2.21 bits per heavy atom. The van der Waals surface area contributed by atoms with Gasteiger partial charge in [0.2, 0.25) is 0 Å². The highest BCUT2D eigenvalue weighted by molar-refractivity contribution is 7.07. The smallest absolute Gasteiger partial charge is 0.251 e. The van der Waals surface area contributed by atoms with Gasteiger partial charge >= 0.3 is 0 Å². The zero-order chi connectivity index (χ0) is 13.8. The number of hydrogen-bond acceptors (Lipinski definition) is 4. The zero-order valence-corrected chi connectivity index (χ0v) is 11.8. The van der Waals surface area contributed by atoms with Crippen molar-refractivity contribution in [2.24, 2.45) is 0 Å². The van der Waals surface area contributed by atoms with E-state index in [0.29, 0.717) is 11.3 Å². The minimum Gasteiger partial charge on any atom is -0.397 e. The number of thiophene rings is 1. The summed E-state index contributed by atoms with van der Waals surface area (Å²) in [5.41, 5.74) is 9.38. The Kier molecular flexibility index (Phi) is 4.06. The van der Waals surface area contributed by atoms with Crippen molar-refractivity contribution in [3.8, 4) is 0 Å². The van der Waals surface area contributed by atoms with Crippen molar-refractivity contribution in [2.45, 2.75) is 6.54 Å². The van der Waals surface area contributed by atoms with Gasteiger partial charge in [0.15, 0.2) is 0 Å². The molecule has 5 heteroatoms. The van der Waals surface area contributed by atoms with Gasteiger partial charge in [-0.05, 0) is 40.6 Å². The molecule has 0 radical (unpaired) electrons. The van der Waals surface area contributed by atoms with Gasteiger partial charge in [-0.1, -0.05) is 0 Å². The Bertz CT molecular complexity index is 566. The molecule has 0 saturated carbocycles. The van der Waals surface area contributed by atoms with Crippen LogP contribution >= 0.6 is 11.3 Å². The second-order valence-electron chi connectivity index (χ2n) is 4.34. The van der Waals surface area contributed by atoms with Crippen molar-refractivity contribution in [1.29, 1.82) is 0 Å². The molecule has 0 unspecified atom stereocenters. The van der Waals surface area contributed by atoms with Crippen LogP contribution in [-0.4, -0.2) is 20.0 Å². The van der Waals surface area contributed by atoms with E-state index in [1.54, 1.807) is 30.5 Å². The fraction of sp³-hybridized carbons (Fsp3) is 0.214. The maximum absolute atomic E-state index is 11.6. The van der Waals surface area contributed by atoms with E-state index in [0.717, 1.165) is 12.2 Å². The van der Waals surface area contributed by atoms with Crippen LogP contribution in [0, 0.1) is 0 Å². The Morgan fingerprint density at radius 1 is 1.42 bits per heavy atom. The summed E-state index contributed by atoms with van der Waals surface area (Å²) >= 11 is 1.67. The molecule has 0 aliphatic heterocycles. The van der Waals surface area contributed by atoms with Gasteiger partial charge in [0.05, 0.1) is 11.4 Å². The van der Waals surface area contributed by atoms with E-state index < -0.39 is 0 Å². The Hall–Kier alpha value is -2.01. The molecule has 0 aliphatic rings. The molecule has 2 rings (SSSR count). The first kappa shape index (κ1) is 13.4. The quantitative estimate of drug-likeness (QED) is 0.842. The van der Waals surface area contributed by atoms with Crippen molar-refractivity contribution in [3.63, 3.8) is 0 Å². The van der Waals surface area contributed by atoms with Gasteiger partial charge < -0.3 is 16.0 Å². The Morgan fingerprint density at radius 3 is 2.84 bits per heavy atom. The lowest BCUT2D eigenvalue weighted by molar-refractivity contribution is 0.0963. The maximum Gasteiger partial charge on any atom is 0.251 e. The number of carbonyl (C=O) groups excluding carboxylic acids is 1. The fourth-order valence-electron chi connectivity index (χ4n) is 1.90. The minimum atomic E-state index is -0.106. The Balaban J connectivity index is 2.25. The summed E-state index contributed by atoms with van der Waals surface area (Å²) in [6.07, 6.45) is 0. The van der Waals surface area contributed by atoms with Gasteiger partial charge in [0.25, 0.3) is 5.91 Å².